The van der Waals surface area contributed by atoms with Crippen molar-refractivity contribution in [3.63, 3.8) is 0 Å². The highest BCUT2D eigenvalue weighted by Crippen LogP contribution is 2.29. The molecule has 3 nitrogen and oxygen atoms in total. The summed E-state index contributed by atoms with van der Waals surface area (Å²) in [6.45, 7) is 0. The highest BCUT2D eigenvalue weighted by Gasteiger charge is 2.13. The van der Waals surface area contributed by atoms with Crippen LogP contribution >= 0.6 is 0 Å². The molecule has 0 fully saturated rings. The average molecular weight is 264 g/mol. The first kappa shape index (κ1) is 12.2. The van der Waals surface area contributed by atoms with Gasteiger partial charge >= 0.3 is 5.63 Å². The van der Waals surface area contributed by atoms with Gasteiger partial charge in [0.25, 0.3) is 0 Å². The molecule has 3 aromatic rings. The van der Waals surface area contributed by atoms with Crippen LogP contribution in [0.3, 0.4) is 0 Å². The molecule has 1 aromatic heterocycles. The summed E-state index contributed by atoms with van der Waals surface area (Å²) in [6.07, 6.45) is 0. The largest absolute Gasteiger partial charge is 0.507 e. The molecular weight excluding hydrogens is 252 g/mol. The average Bonchev–Trinajstić information content (AvgIpc) is 2.48. The molecule has 0 spiro atoms. The van der Waals surface area contributed by atoms with Gasteiger partial charge in [-0.25, -0.2) is 4.79 Å². The number of rotatable bonds is 2. The van der Waals surface area contributed by atoms with Crippen LogP contribution in [0.5, 0.6) is 5.75 Å². The van der Waals surface area contributed by atoms with Crippen LogP contribution in [-0.4, -0.2) is 5.11 Å². The van der Waals surface area contributed by atoms with E-state index in [0.29, 0.717) is 11.3 Å². The molecular formula is C17H12O3. The molecule has 20 heavy (non-hydrogen) atoms. The van der Waals surface area contributed by atoms with E-state index in [-0.39, 0.29) is 11.3 Å². The monoisotopic (exact) mass is 264 g/mol. The molecule has 0 unspecified atom stereocenters. The van der Waals surface area contributed by atoms with Crippen LogP contribution in [0.25, 0.3) is 22.5 Å². The van der Waals surface area contributed by atoms with Crippen molar-refractivity contribution in [2.24, 2.45) is 0 Å². The molecule has 0 aliphatic carbocycles. The second-order valence-electron chi connectivity index (χ2n) is 4.39. The number of aromatic hydroxyl groups is 1. The zero-order chi connectivity index (χ0) is 13.9. The van der Waals surface area contributed by atoms with Crippen LogP contribution in [0, 0.1) is 0 Å². The van der Waals surface area contributed by atoms with Gasteiger partial charge in [-0.2, -0.15) is 0 Å². The van der Waals surface area contributed by atoms with E-state index < -0.39 is 5.63 Å². The first-order chi connectivity index (χ1) is 9.75. The Labute approximate surface area is 115 Å². The predicted octanol–water partition coefficient (Wildman–Crippen LogP) is 3.68. The van der Waals surface area contributed by atoms with Gasteiger partial charge in [0.2, 0.25) is 0 Å². The van der Waals surface area contributed by atoms with Crippen LogP contribution in [0.4, 0.5) is 0 Å². The van der Waals surface area contributed by atoms with E-state index in [9.17, 15) is 9.90 Å². The zero-order valence-corrected chi connectivity index (χ0v) is 10.6. The van der Waals surface area contributed by atoms with E-state index in [0.717, 1.165) is 5.56 Å². The van der Waals surface area contributed by atoms with E-state index in [1.54, 1.807) is 24.3 Å². The Morgan fingerprint density at radius 3 is 1.90 bits per heavy atom. The summed E-state index contributed by atoms with van der Waals surface area (Å²) in [5, 5.41) is 10.1. The minimum absolute atomic E-state index is 0.0775. The smallest absolute Gasteiger partial charge is 0.347 e. The van der Waals surface area contributed by atoms with E-state index in [1.807, 2.05) is 36.4 Å². The van der Waals surface area contributed by atoms with Crippen molar-refractivity contribution in [1.29, 1.82) is 0 Å². The molecule has 3 heteroatoms. The number of benzene rings is 2. The topological polar surface area (TPSA) is 50.4 Å². The van der Waals surface area contributed by atoms with Gasteiger partial charge in [0.05, 0.1) is 0 Å². The van der Waals surface area contributed by atoms with Gasteiger partial charge in [0.15, 0.2) is 0 Å². The lowest BCUT2D eigenvalue weighted by atomic mass is 10.1. The zero-order valence-electron chi connectivity index (χ0n) is 10.6. The Kier molecular flexibility index (Phi) is 3.09. The van der Waals surface area contributed by atoms with E-state index in [4.69, 9.17) is 4.42 Å². The van der Waals surface area contributed by atoms with Crippen molar-refractivity contribution >= 4 is 0 Å². The second kappa shape index (κ2) is 5.05. The Morgan fingerprint density at radius 2 is 1.35 bits per heavy atom. The van der Waals surface area contributed by atoms with Gasteiger partial charge in [0, 0.05) is 11.6 Å². The molecule has 1 heterocycles. The highest BCUT2D eigenvalue weighted by atomic mass is 16.4. The van der Waals surface area contributed by atoms with Crippen LogP contribution in [0.1, 0.15) is 0 Å². The summed E-state index contributed by atoms with van der Waals surface area (Å²) in [4.78, 5) is 12.1. The maximum Gasteiger partial charge on any atom is 0.347 e. The van der Waals surface area contributed by atoms with Gasteiger partial charge in [-0.05, 0) is 5.56 Å². The van der Waals surface area contributed by atoms with Crippen molar-refractivity contribution in [2.45, 2.75) is 0 Å². The quantitative estimate of drug-likeness (QED) is 0.768. The molecule has 1 N–H and O–H groups in total. The third kappa shape index (κ3) is 2.21. The van der Waals surface area contributed by atoms with Crippen LogP contribution in [0.15, 0.2) is 75.9 Å². The summed E-state index contributed by atoms with van der Waals surface area (Å²) in [6, 6.07) is 19.6. The third-order valence-corrected chi connectivity index (χ3v) is 3.05. The highest BCUT2D eigenvalue weighted by molar-refractivity contribution is 5.71. The third-order valence-electron chi connectivity index (χ3n) is 3.05. The van der Waals surface area contributed by atoms with Crippen molar-refractivity contribution < 1.29 is 9.52 Å². The van der Waals surface area contributed by atoms with Crippen molar-refractivity contribution in [2.75, 3.05) is 0 Å². The molecule has 3 rings (SSSR count). The first-order valence-electron chi connectivity index (χ1n) is 6.23. The molecule has 0 radical (unpaired) electrons. The van der Waals surface area contributed by atoms with Gasteiger partial charge in [0.1, 0.15) is 17.1 Å². The molecule has 98 valence electrons. The SMILES string of the molecule is O=c1oc(-c2ccccc2)cc(O)c1-c1ccccc1. The van der Waals surface area contributed by atoms with E-state index >= 15 is 0 Å². The fraction of sp³-hybridized carbons (Fsp3) is 0. The fourth-order valence-electron chi connectivity index (χ4n) is 2.10. The molecule has 2 aromatic carbocycles. The van der Waals surface area contributed by atoms with Crippen molar-refractivity contribution in [3.05, 3.63) is 77.2 Å². The summed E-state index contributed by atoms with van der Waals surface area (Å²) in [5.41, 5.74) is 1.03. The summed E-state index contributed by atoms with van der Waals surface area (Å²) in [7, 11) is 0. The standard InChI is InChI=1S/C17H12O3/c18-14-11-15(12-7-3-1-4-8-12)20-17(19)16(14)13-9-5-2-6-10-13/h1-11,18H. The van der Waals surface area contributed by atoms with Crippen LogP contribution in [-0.2, 0) is 0 Å². The van der Waals surface area contributed by atoms with Crippen molar-refractivity contribution in [1.82, 2.24) is 0 Å². The summed E-state index contributed by atoms with van der Waals surface area (Å²) >= 11 is 0. The number of hydrogen-bond donors (Lipinski definition) is 1. The lowest BCUT2D eigenvalue weighted by molar-refractivity contribution is 0.456. The molecule has 0 saturated carbocycles. The fourth-order valence-corrected chi connectivity index (χ4v) is 2.10. The van der Waals surface area contributed by atoms with Gasteiger partial charge in [-0.1, -0.05) is 60.7 Å². The van der Waals surface area contributed by atoms with E-state index in [1.165, 1.54) is 6.07 Å². The van der Waals surface area contributed by atoms with Gasteiger partial charge in [-0.15, -0.1) is 0 Å². The lowest BCUT2D eigenvalue weighted by Crippen LogP contribution is -2.03. The number of hydrogen-bond acceptors (Lipinski definition) is 3. The predicted molar refractivity (Wildman–Crippen MR) is 77.5 cm³/mol. The second-order valence-corrected chi connectivity index (χ2v) is 4.39. The van der Waals surface area contributed by atoms with Gasteiger partial charge < -0.3 is 9.52 Å². The minimum Gasteiger partial charge on any atom is -0.507 e. The Hall–Kier alpha value is -2.81. The summed E-state index contributed by atoms with van der Waals surface area (Å²) < 4.78 is 5.31. The molecule has 0 atom stereocenters. The molecule has 0 bridgehead atoms. The first-order valence-corrected chi connectivity index (χ1v) is 6.23. The van der Waals surface area contributed by atoms with Crippen molar-refractivity contribution in [3.8, 4) is 28.2 Å². The Bertz CT molecular complexity index is 774. The maximum atomic E-state index is 12.1. The normalized spacial score (nSPS) is 10.4. The summed E-state index contributed by atoms with van der Waals surface area (Å²) in [5.74, 6) is 0.277. The maximum absolute atomic E-state index is 12.1. The molecule has 0 saturated heterocycles. The molecule has 0 aliphatic heterocycles. The van der Waals surface area contributed by atoms with Crippen LogP contribution in [0.2, 0.25) is 0 Å². The molecule has 0 amide bonds. The van der Waals surface area contributed by atoms with E-state index in [2.05, 4.69) is 0 Å². The Balaban J connectivity index is 2.16. The Morgan fingerprint density at radius 1 is 0.800 bits per heavy atom. The lowest BCUT2D eigenvalue weighted by Gasteiger charge is -2.05. The van der Waals surface area contributed by atoms with Gasteiger partial charge in [-0.3, -0.25) is 0 Å². The minimum atomic E-state index is -0.546. The van der Waals surface area contributed by atoms with Crippen LogP contribution < -0.4 is 5.63 Å². The molecule has 0 aliphatic rings.